The van der Waals surface area contributed by atoms with Gasteiger partial charge in [0.25, 0.3) is 5.91 Å². The molecule has 1 saturated heterocycles. The molecule has 1 aliphatic rings. The van der Waals surface area contributed by atoms with Gasteiger partial charge in [0.15, 0.2) is 16.7 Å². The number of aliphatic imine (C=N–C) groups is 1. The van der Waals surface area contributed by atoms with Gasteiger partial charge in [0.05, 0.1) is 15.1 Å². The number of rotatable bonds is 5. The lowest BCUT2D eigenvalue weighted by Crippen LogP contribution is -2.35. The van der Waals surface area contributed by atoms with Gasteiger partial charge in [-0.25, -0.2) is 0 Å². The highest BCUT2D eigenvalue weighted by atomic mass is 127. The number of amides is 1. The van der Waals surface area contributed by atoms with Crippen LogP contribution in [-0.4, -0.2) is 39.8 Å². The Labute approximate surface area is 166 Å². The zero-order valence-electron chi connectivity index (χ0n) is 15.0. The number of phenols is 1. The molecule has 1 aromatic carbocycles. The summed E-state index contributed by atoms with van der Waals surface area (Å²) in [7, 11) is 0. The number of amidine groups is 1. The van der Waals surface area contributed by atoms with Crippen molar-refractivity contribution in [3.8, 4) is 11.5 Å². The van der Waals surface area contributed by atoms with E-state index in [-0.39, 0.29) is 23.7 Å². The summed E-state index contributed by atoms with van der Waals surface area (Å²) in [5, 5.41) is 10.8. The second-order valence-corrected chi connectivity index (χ2v) is 8.34. The number of carbonyl (C=O) groups is 1. The Morgan fingerprint density at radius 1 is 1.36 bits per heavy atom. The molecule has 0 unspecified atom stereocenters. The molecule has 0 radical (unpaired) electrons. The molecule has 1 heterocycles. The minimum Gasteiger partial charge on any atom is -0.504 e. The summed E-state index contributed by atoms with van der Waals surface area (Å²) in [6.07, 6.45) is 1.83. The number of hydrogen-bond acceptors (Lipinski definition) is 5. The molecule has 0 aromatic heterocycles. The topological polar surface area (TPSA) is 62.1 Å². The number of nitrogens with zero attached hydrogens (tertiary/aromatic N) is 2. The van der Waals surface area contributed by atoms with Crippen LogP contribution in [0.25, 0.3) is 6.08 Å². The van der Waals surface area contributed by atoms with Crippen molar-refractivity contribution in [2.45, 2.75) is 46.7 Å². The zero-order valence-corrected chi connectivity index (χ0v) is 18.0. The number of carbonyl (C=O) groups excluding carboxylic acids is 1. The Hall–Kier alpha value is -1.22. The van der Waals surface area contributed by atoms with Crippen molar-refractivity contribution in [3.05, 3.63) is 26.2 Å². The van der Waals surface area contributed by atoms with E-state index in [4.69, 9.17) is 4.74 Å². The first-order valence-electron chi connectivity index (χ1n) is 8.20. The Morgan fingerprint density at radius 3 is 2.60 bits per heavy atom. The van der Waals surface area contributed by atoms with Crippen LogP contribution in [0.5, 0.6) is 11.5 Å². The second-order valence-electron chi connectivity index (χ2n) is 6.17. The standard InChI is InChI=1S/C18H23IN2O3S/c1-6-24-14-8-12(7-13(19)16(14)22)9-15-17(23)21(11(4)5)18(25-15)20-10(2)3/h7-11,22H,6H2,1-5H3/b15-9+,20-18?. The first kappa shape index (κ1) is 20.1. The van der Waals surface area contributed by atoms with Gasteiger partial charge >= 0.3 is 0 Å². The predicted molar refractivity (Wildman–Crippen MR) is 112 cm³/mol. The van der Waals surface area contributed by atoms with Crippen molar-refractivity contribution in [3.63, 3.8) is 0 Å². The largest absolute Gasteiger partial charge is 0.504 e. The van der Waals surface area contributed by atoms with E-state index in [1.54, 1.807) is 11.0 Å². The lowest BCUT2D eigenvalue weighted by atomic mass is 10.2. The van der Waals surface area contributed by atoms with Crippen molar-refractivity contribution in [1.29, 1.82) is 0 Å². The van der Waals surface area contributed by atoms with Crippen LogP contribution in [-0.2, 0) is 4.79 Å². The van der Waals surface area contributed by atoms with Crippen molar-refractivity contribution in [2.75, 3.05) is 6.61 Å². The van der Waals surface area contributed by atoms with Crippen LogP contribution in [0.2, 0.25) is 0 Å². The third-order valence-corrected chi connectivity index (χ3v) is 5.19. The minimum absolute atomic E-state index is 0.0413. The predicted octanol–water partition coefficient (Wildman–Crippen LogP) is 4.48. The van der Waals surface area contributed by atoms with Crippen molar-refractivity contribution < 1.29 is 14.6 Å². The van der Waals surface area contributed by atoms with Gasteiger partial charge in [0, 0.05) is 12.1 Å². The van der Waals surface area contributed by atoms with E-state index in [0.717, 1.165) is 10.7 Å². The number of phenolic OH excluding ortho intramolecular Hbond substituents is 1. The third-order valence-electron chi connectivity index (χ3n) is 3.37. The van der Waals surface area contributed by atoms with E-state index in [2.05, 4.69) is 27.6 Å². The normalized spacial score (nSPS) is 18.2. The highest BCUT2D eigenvalue weighted by Crippen LogP contribution is 2.37. The van der Waals surface area contributed by atoms with Gasteiger partial charge in [-0.3, -0.25) is 14.7 Å². The summed E-state index contributed by atoms with van der Waals surface area (Å²) in [4.78, 5) is 19.7. The second kappa shape index (κ2) is 8.44. The summed E-state index contributed by atoms with van der Waals surface area (Å²) in [6, 6.07) is 3.74. The molecule has 1 amide bonds. The highest BCUT2D eigenvalue weighted by Gasteiger charge is 2.35. The SMILES string of the molecule is CCOc1cc(/C=C2/SC(=NC(C)C)N(C(C)C)C2=O)cc(I)c1O. The summed E-state index contributed by atoms with van der Waals surface area (Å²) in [5.74, 6) is 0.509. The molecule has 136 valence electrons. The molecule has 5 nitrogen and oxygen atoms in total. The fourth-order valence-electron chi connectivity index (χ4n) is 2.35. The van der Waals surface area contributed by atoms with Gasteiger partial charge in [0.1, 0.15) is 0 Å². The van der Waals surface area contributed by atoms with Crippen molar-refractivity contribution >= 4 is 51.5 Å². The van der Waals surface area contributed by atoms with Crippen LogP contribution >= 0.6 is 34.4 Å². The average molecular weight is 474 g/mol. The highest BCUT2D eigenvalue weighted by molar-refractivity contribution is 14.1. The Morgan fingerprint density at radius 2 is 2.04 bits per heavy atom. The van der Waals surface area contributed by atoms with Crippen LogP contribution in [0.15, 0.2) is 22.0 Å². The Kier molecular flexibility index (Phi) is 6.79. The lowest BCUT2D eigenvalue weighted by Gasteiger charge is -2.20. The maximum absolute atomic E-state index is 12.8. The fourth-order valence-corrected chi connectivity index (χ4v) is 4.21. The first-order valence-corrected chi connectivity index (χ1v) is 10.1. The molecule has 1 N–H and O–H groups in total. The molecule has 0 bridgehead atoms. The molecule has 7 heteroatoms. The first-order chi connectivity index (χ1) is 11.7. The Bertz CT molecular complexity index is 729. The molecule has 1 aromatic rings. The molecular weight excluding hydrogens is 451 g/mol. The number of halogens is 1. The van der Waals surface area contributed by atoms with Crippen molar-refractivity contribution in [2.24, 2.45) is 4.99 Å². The average Bonchev–Trinajstić information content (AvgIpc) is 2.79. The molecule has 1 fully saturated rings. The summed E-state index contributed by atoms with van der Waals surface area (Å²) >= 11 is 3.45. The van der Waals surface area contributed by atoms with Gasteiger partial charge < -0.3 is 9.84 Å². The number of thioether (sulfide) groups is 1. The number of ether oxygens (including phenoxy) is 1. The van der Waals surface area contributed by atoms with Crippen LogP contribution in [0.4, 0.5) is 0 Å². The minimum atomic E-state index is -0.0413. The number of hydrogen-bond donors (Lipinski definition) is 1. The van der Waals surface area contributed by atoms with Crippen LogP contribution in [0.3, 0.4) is 0 Å². The number of benzene rings is 1. The summed E-state index contributed by atoms with van der Waals surface area (Å²) < 4.78 is 6.16. The van der Waals surface area contributed by atoms with Gasteiger partial charge in [-0.2, -0.15) is 0 Å². The lowest BCUT2D eigenvalue weighted by molar-refractivity contribution is -0.123. The molecule has 0 aliphatic carbocycles. The molecule has 2 rings (SSSR count). The van der Waals surface area contributed by atoms with E-state index in [1.165, 1.54) is 11.8 Å². The molecule has 0 atom stereocenters. The number of aromatic hydroxyl groups is 1. The summed E-state index contributed by atoms with van der Waals surface area (Å²) in [5.41, 5.74) is 0.816. The molecule has 0 saturated carbocycles. The summed E-state index contributed by atoms with van der Waals surface area (Å²) in [6.45, 7) is 10.3. The van der Waals surface area contributed by atoms with E-state index in [0.29, 0.717) is 20.8 Å². The van der Waals surface area contributed by atoms with E-state index < -0.39 is 0 Å². The molecule has 1 aliphatic heterocycles. The maximum atomic E-state index is 12.8. The van der Waals surface area contributed by atoms with E-state index in [1.807, 2.05) is 46.8 Å². The van der Waals surface area contributed by atoms with Gasteiger partial charge in [-0.05, 0) is 92.7 Å². The molecule has 25 heavy (non-hydrogen) atoms. The van der Waals surface area contributed by atoms with Gasteiger partial charge in [-0.15, -0.1) is 0 Å². The smallest absolute Gasteiger partial charge is 0.266 e. The Balaban J connectivity index is 2.43. The fraction of sp³-hybridized carbons (Fsp3) is 0.444. The maximum Gasteiger partial charge on any atom is 0.266 e. The monoisotopic (exact) mass is 474 g/mol. The molecule has 0 spiro atoms. The van der Waals surface area contributed by atoms with E-state index >= 15 is 0 Å². The molecular formula is C18H23IN2O3S. The van der Waals surface area contributed by atoms with Crippen LogP contribution < -0.4 is 4.74 Å². The zero-order chi connectivity index (χ0) is 18.7. The van der Waals surface area contributed by atoms with Crippen molar-refractivity contribution in [1.82, 2.24) is 4.90 Å². The van der Waals surface area contributed by atoms with Crippen LogP contribution in [0, 0.1) is 3.57 Å². The van der Waals surface area contributed by atoms with Gasteiger partial charge in [0.2, 0.25) is 0 Å². The third kappa shape index (κ3) is 4.69. The van der Waals surface area contributed by atoms with Gasteiger partial charge in [-0.1, -0.05) is 0 Å². The van der Waals surface area contributed by atoms with E-state index in [9.17, 15) is 9.90 Å². The van der Waals surface area contributed by atoms with Crippen LogP contribution in [0.1, 0.15) is 40.2 Å². The quantitative estimate of drug-likeness (QED) is 0.505.